The molecule has 7 heteroatoms. The molecular formula is C15H17N3O4. The standard InChI is InChI=1S/C15H17N3O4/c1-9(6-13(19)20)17-15(21)12-8-16-18-14(12)10-4-3-5-11(7-10)22-2/h3-5,7-9H,6H2,1-2H3,(H,16,18)(H,17,21)(H,19,20). The minimum atomic E-state index is -0.965. The summed E-state index contributed by atoms with van der Waals surface area (Å²) in [5.74, 6) is -0.675. The number of carbonyl (C=O) groups is 2. The molecule has 0 aliphatic heterocycles. The summed E-state index contributed by atoms with van der Waals surface area (Å²) in [7, 11) is 1.56. The molecule has 0 fully saturated rings. The number of nitrogens with zero attached hydrogens (tertiary/aromatic N) is 1. The zero-order valence-corrected chi connectivity index (χ0v) is 12.3. The van der Waals surface area contributed by atoms with Gasteiger partial charge in [0.15, 0.2) is 0 Å². The van der Waals surface area contributed by atoms with Crippen LogP contribution in [0.3, 0.4) is 0 Å². The van der Waals surface area contributed by atoms with Crippen molar-refractivity contribution in [1.29, 1.82) is 0 Å². The van der Waals surface area contributed by atoms with Crippen LogP contribution >= 0.6 is 0 Å². The zero-order chi connectivity index (χ0) is 16.1. The summed E-state index contributed by atoms with van der Waals surface area (Å²) in [5, 5.41) is 18.1. The molecule has 1 aromatic heterocycles. The Morgan fingerprint density at radius 1 is 1.45 bits per heavy atom. The second kappa shape index (κ2) is 6.75. The van der Waals surface area contributed by atoms with Gasteiger partial charge in [-0.2, -0.15) is 5.10 Å². The summed E-state index contributed by atoms with van der Waals surface area (Å²) in [6.45, 7) is 1.64. The lowest BCUT2D eigenvalue weighted by Gasteiger charge is -2.11. The van der Waals surface area contributed by atoms with E-state index in [0.717, 1.165) is 5.56 Å². The number of carbonyl (C=O) groups excluding carboxylic acids is 1. The Morgan fingerprint density at radius 3 is 2.91 bits per heavy atom. The van der Waals surface area contributed by atoms with Gasteiger partial charge in [-0.25, -0.2) is 0 Å². The van der Waals surface area contributed by atoms with Crippen molar-refractivity contribution in [2.24, 2.45) is 0 Å². The number of carboxylic acid groups (broad SMARTS) is 1. The van der Waals surface area contributed by atoms with Gasteiger partial charge in [0.1, 0.15) is 5.75 Å². The summed E-state index contributed by atoms with van der Waals surface area (Å²) in [6, 6.07) is 6.74. The molecule has 0 aliphatic carbocycles. The number of benzene rings is 1. The molecular weight excluding hydrogens is 286 g/mol. The molecule has 1 unspecified atom stereocenters. The fourth-order valence-corrected chi connectivity index (χ4v) is 2.07. The molecule has 0 aliphatic rings. The topological polar surface area (TPSA) is 104 Å². The van der Waals surface area contributed by atoms with Crippen LogP contribution in [0.25, 0.3) is 11.3 Å². The highest BCUT2D eigenvalue weighted by atomic mass is 16.5. The molecule has 0 saturated carbocycles. The van der Waals surface area contributed by atoms with E-state index in [1.807, 2.05) is 12.1 Å². The van der Waals surface area contributed by atoms with Crippen molar-refractivity contribution in [2.45, 2.75) is 19.4 Å². The van der Waals surface area contributed by atoms with E-state index in [1.54, 1.807) is 26.2 Å². The minimum absolute atomic E-state index is 0.141. The van der Waals surface area contributed by atoms with E-state index in [1.165, 1.54) is 6.20 Å². The molecule has 2 aromatic rings. The average molecular weight is 303 g/mol. The third kappa shape index (κ3) is 3.63. The Morgan fingerprint density at radius 2 is 2.23 bits per heavy atom. The third-order valence-corrected chi connectivity index (χ3v) is 3.10. The maximum Gasteiger partial charge on any atom is 0.305 e. The quantitative estimate of drug-likeness (QED) is 0.753. The summed E-state index contributed by atoms with van der Waals surface area (Å²) in [5.41, 5.74) is 1.66. The van der Waals surface area contributed by atoms with Crippen LogP contribution in [0.15, 0.2) is 30.5 Å². The lowest BCUT2D eigenvalue weighted by molar-refractivity contribution is -0.137. The lowest BCUT2D eigenvalue weighted by Crippen LogP contribution is -2.34. The van der Waals surface area contributed by atoms with E-state index in [4.69, 9.17) is 9.84 Å². The van der Waals surface area contributed by atoms with Gasteiger partial charge in [0.25, 0.3) is 5.91 Å². The van der Waals surface area contributed by atoms with Gasteiger partial charge in [-0.05, 0) is 19.1 Å². The summed E-state index contributed by atoms with van der Waals surface area (Å²) < 4.78 is 5.16. The minimum Gasteiger partial charge on any atom is -0.497 e. The Hall–Kier alpha value is -2.83. The van der Waals surface area contributed by atoms with Crippen LogP contribution in [-0.4, -0.2) is 40.3 Å². The van der Waals surface area contributed by atoms with Crippen LogP contribution in [0, 0.1) is 0 Å². The fraction of sp³-hybridized carbons (Fsp3) is 0.267. The van der Waals surface area contributed by atoms with Crippen molar-refractivity contribution in [3.8, 4) is 17.0 Å². The monoisotopic (exact) mass is 303 g/mol. The first-order chi connectivity index (χ1) is 10.5. The molecule has 1 aromatic carbocycles. The highest BCUT2D eigenvalue weighted by Gasteiger charge is 2.18. The van der Waals surface area contributed by atoms with E-state index in [2.05, 4.69) is 15.5 Å². The van der Waals surface area contributed by atoms with E-state index in [-0.39, 0.29) is 12.3 Å². The van der Waals surface area contributed by atoms with Crippen LogP contribution in [0.4, 0.5) is 0 Å². The number of carboxylic acids is 1. The summed E-state index contributed by atoms with van der Waals surface area (Å²) in [6.07, 6.45) is 1.27. The van der Waals surface area contributed by atoms with Gasteiger partial charge >= 0.3 is 5.97 Å². The Balaban J connectivity index is 2.21. The van der Waals surface area contributed by atoms with Crippen LogP contribution in [0.5, 0.6) is 5.75 Å². The van der Waals surface area contributed by atoms with Gasteiger partial charge in [-0.1, -0.05) is 12.1 Å². The summed E-state index contributed by atoms with van der Waals surface area (Å²) >= 11 is 0. The third-order valence-electron chi connectivity index (χ3n) is 3.10. The van der Waals surface area contributed by atoms with Crippen molar-refractivity contribution in [2.75, 3.05) is 7.11 Å². The zero-order valence-electron chi connectivity index (χ0n) is 12.3. The number of hydrogen-bond acceptors (Lipinski definition) is 4. The maximum absolute atomic E-state index is 12.3. The first kappa shape index (κ1) is 15.6. The Kier molecular flexibility index (Phi) is 4.77. The number of ether oxygens (including phenoxy) is 1. The Bertz CT molecular complexity index is 681. The smallest absolute Gasteiger partial charge is 0.305 e. The fourth-order valence-electron chi connectivity index (χ4n) is 2.07. The van der Waals surface area contributed by atoms with E-state index < -0.39 is 12.0 Å². The molecule has 1 heterocycles. The van der Waals surface area contributed by atoms with Gasteiger partial charge in [0.05, 0.1) is 31.0 Å². The molecule has 22 heavy (non-hydrogen) atoms. The number of aromatic amines is 1. The second-order valence-electron chi connectivity index (χ2n) is 4.86. The largest absolute Gasteiger partial charge is 0.497 e. The predicted molar refractivity (Wildman–Crippen MR) is 79.8 cm³/mol. The normalized spacial score (nSPS) is 11.7. The molecule has 0 saturated heterocycles. The van der Waals surface area contributed by atoms with Crippen LogP contribution in [0.1, 0.15) is 23.7 Å². The van der Waals surface area contributed by atoms with Crippen molar-refractivity contribution < 1.29 is 19.4 Å². The Labute approximate surface area is 127 Å². The van der Waals surface area contributed by atoms with E-state index >= 15 is 0 Å². The number of H-pyrrole nitrogens is 1. The average Bonchev–Trinajstić information content (AvgIpc) is 2.95. The highest BCUT2D eigenvalue weighted by Crippen LogP contribution is 2.25. The second-order valence-corrected chi connectivity index (χ2v) is 4.86. The number of aliphatic carboxylic acids is 1. The highest BCUT2D eigenvalue weighted by molar-refractivity contribution is 6.00. The molecule has 3 N–H and O–H groups in total. The molecule has 116 valence electrons. The van der Waals surface area contributed by atoms with Gasteiger partial charge < -0.3 is 15.2 Å². The number of hydrogen-bond donors (Lipinski definition) is 3. The first-order valence-electron chi connectivity index (χ1n) is 6.71. The van der Waals surface area contributed by atoms with Crippen LogP contribution in [0.2, 0.25) is 0 Å². The lowest BCUT2D eigenvalue weighted by atomic mass is 10.1. The van der Waals surface area contributed by atoms with E-state index in [9.17, 15) is 9.59 Å². The van der Waals surface area contributed by atoms with Crippen LogP contribution < -0.4 is 10.1 Å². The molecule has 1 atom stereocenters. The van der Waals surface area contributed by atoms with Gasteiger partial charge in [0, 0.05) is 11.6 Å². The number of nitrogens with one attached hydrogen (secondary N) is 2. The molecule has 0 bridgehead atoms. The van der Waals surface area contributed by atoms with Crippen molar-refractivity contribution in [3.05, 3.63) is 36.0 Å². The van der Waals surface area contributed by atoms with Crippen molar-refractivity contribution in [3.63, 3.8) is 0 Å². The van der Waals surface area contributed by atoms with E-state index in [0.29, 0.717) is 17.0 Å². The maximum atomic E-state index is 12.3. The first-order valence-corrected chi connectivity index (χ1v) is 6.71. The molecule has 0 radical (unpaired) electrons. The predicted octanol–water partition coefficient (Wildman–Crippen LogP) is 1.68. The number of methoxy groups -OCH3 is 1. The molecule has 2 rings (SSSR count). The molecule has 1 amide bonds. The SMILES string of the molecule is COc1cccc(-c2[nH]ncc2C(=O)NC(C)CC(=O)O)c1. The molecule has 0 spiro atoms. The number of rotatable bonds is 6. The number of amides is 1. The van der Waals surface area contributed by atoms with Crippen LogP contribution in [-0.2, 0) is 4.79 Å². The van der Waals surface area contributed by atoms with Crippen molar-refractivity contribution in [1.82, 2.24) is 15.5 Å². The van der Waals surface area contributed by atoms with Gasteiger partial charge in [0.2, 0.25) is 0 Å². The van der Waals surface area contributed by atoms with Crippen molar-refractivity contribution >= 4 is 11.9 Å². The number of aromatic nitrogens is 2. The van der Waals surface area contributed by atoms with Gasteiger partial charge in [-0.15, -0.1) is 0 Å². The summed E-state index contributed by atoms with van der Waals surface area (Å²) in [4.78, 5) is 22.9. The van der Waals surface area contributed by atoms with Gasteiger partial charge in [-0.3, -0.25) is 14.7 Å². The molecule has 7 nitrogen and oxygen atoms in total.